The summed E-state index contributed by atoms with van der Waals surface area (Å²) in [6.45, 7) is 4.50. The molecule has 0 spiro atoms. The maximum atomic E-state index is 14.5. The van der Waals surface area contributed by atoms with Crippen molar-refractivity contribution in [3.8, 4) is 6.01 Å². The van der Waals surface area contributed by atoms with E-state index in [1.165, 1.54) is 18.0 Å². The molecule has 2 aromatic heterocycles. The number of hydrogen-bond acceptors (Lipinski definition) is 12. The number of nitrogen functional groups attached to an aromatic ring is 1. The van der Waals surface area contributed by atoms with E-state index >= 15 is 0 Å². The average molecular weight is 601 g/mol. The summed E-state index contributed by atoms with van der Waals surface area (Å²) in [4.78, 5) is 19.7. The van der Waals surface area contributed by atoms with Crippen LogP contribution in [0.1, 0.15) is 30.5 Å². The van der Waals surface area contributed by atoms with E-state index < -0.39 is 6.17 Å². The Balaban J connectivity index is 1.20. The predicted molar refractivity (Wildman–Crippen MR) is 155 cm³/mol. The second-order valence-corrected chi connectivity index (χ2v) is 13.3. The van der Waals surface area contributed by atoms with Crippen LogP contribution in [0.3, 0.4) is 0 Å². The van der Waals surface area contributed by atoms with Gasteiger partial charge in [-0.15, -0.1) is 0 Å². The number of benzene rings is 1. The SMILES string of the molecule is Nc1nc2c(C3=Cc4nc(OC[C@@]56CCCN5C[C@H](F)C6)nc(N5C6CNCC5COC6)c4SN3)ccc(F)c2s1. The molecule has 0 radical (unpaired) electrons. The molecule has 8 rings (SSSR count). The molecule has 2 unspecified atom stereocenters. The van der Waals surface area contributed by atoms with Gasteiger partial charge in [0, 0.05) is 31.6 Å². The fourth-order valence-corrected chi connectivity index (χ4v) is 8.60. The standard InChI is InChI=1S/C27H30F2N8O2S2/c28-14-7-27(4-1-5-36(27)10-14)13-39-26-32-20-6-19(17-2-3-18(29)22-21(17)33-25(30)40-22)35-41-23(20)24(34-26)37-15-8-31-9-16(37)12-38-11-15/h2-3,6,14-16,31,35H,1,4-5,7-13H2,(H2,30,33)/t14-,15?,16?,27+/m1/s1. The Bertz CT molecular complexity index is 1530. The molecule has 5 aliphatic heterocycles. The maximum Gasteiger partial charge on any atom is 0.319 e. The van der Waals surface area contributed by atoms with Crippen LogP contribution in [0.4, 0.5) is 19.7 Å². The molecule has 1 aromatic carbocycles. The van der Waals surface area contributed by atoms with Gasteiger partial charge in [0.25, 0.3) is 0 Å². The van der Waals surface area contributed by atoms with Gasteiger partial charge in [0.05, 0.1) is 57.3 Å². The number of piperazine rings is 1. The van der Waals surface area contributed by atoms with Gasteiger partial charge in [0.2, 0.25) is 0 Å². The molecule has 4 saturated heterocycles. The van der Waals surface area contributed by atoms with E-state index in [1.54, 1.807) is 6.07 Å². The Morgan fingerprint density at radius 2 is 2.05 bits per heavy atom. The number of anilines is 2. The highest BCUT2D eigenvalue weighted by molar-refractivity contribution is 7.98. The van der Waals surface area contributed by atoms with Gasteiger partial charge in [0.1, 0.15) is 18.6 Å². The first-order valence-corrected chi connectivity index (χ1v) is 15.6. The molecule has 3 aromatic rings. The first-order chi connectivity index (χ1) is 20.0. The topological polar surface area (TPSA) is 114 Å². The summed E-state index contributed by atoms with van der Waals surface area (Å²) in [6, 6.07) is 3.68. The van der Waals surface area contributed by atoms with Gasteiger partial charge in [-0.2, -0.15) is 9.97 Å². The van der Waals surface area contributed by atoms with Gasteiger partial charge >= 0.3 is 6.01 Å². The van der Waals surface area contributed by atoms with E-state index in [0.29, 0.717) is 53.8 Å². The number of alkyl halides is 1. The minimum Gasteiger partial charge on any atom is -0.461 e. The Morgan fingerprint density at radius 1 is 1.20 bits per heavy atom. The summed E-state index contributed by atoms with van der Waals surface area (Å²) in [5, 5.41) is 3.82. The zero-order chi connectivity index (χ0) is 27.7. The number of hydrogen-bond donors (Lipinski definition) is 3. The zero-order valence-electron chi connectivity index (χ0n) is 22.2. The third-order valence-corrected chi connectivity index (χ3v) is 10.7. The highest BCUT2D eigenvalue weighted by Crippen LogP contribution is 2.43. The molecule has 10 nitrogen and oxygen atoms in total. The molecule has 7 heterocycles. The molecule has 4 fully saturated rings. The van der Waals surface area contributed by atoms with Crippen LogP contribution in [0.15, 0.2) is 17.0 Å². The summed E-state index contributed by atoms with van der Waals surface area (Å²) < 4.78 is 45.0. The van der Waals surface area contributed by atoms with Crippen molar-refractivity contribution in [2.24, 2.45) is 0 Å². The maximum absolute atomic E-state index is 14.5. The molecular weight excluding hydrogens is 570 g/mol. The molecule has 41 heavy (non-hydrogen) atoms. The largest absolute Gasteiger partial charge is 0.461 e. The third kappa shape index (κ3) is 4.33. The summed E-state index contributed by atoms with van der Waals surface area (Å²) in [7, 11) is 0. The Labute approximate surface area is 243 Å². The Kier molecular flexibility index (Phi) is 6.25. The van der Waals surface area contributed by atoms with Crippen molar-refractivity contribution >= 4 is 56.2 Å². The normalized spacial score (nSPS) is 29.3. The lowest BCUT2D eigenvalue weighted by atomic mass is 9.95. The summed E-state index contributed by atoms with van der Waals surface area (Å²) >= 11 is 2.56. The molecular formula is C27H30F2N8O2S2. The number of nitrogens with zero attached hydrogens (tertiary/aromatic N) is 5. The van der Waals surface area contributed by atoms with Gasteiger partial charge in [-0.05, 0) is 49.5 Å². The van der Waals surface area contributed by atoms with Gasteiger partial charge in [-0.25, -0.2) is 13.8 Å². The second kappa shape index (κ2) is 9.90. The molecule has 2 bridgehead atoms. The van der Waals surface area contributed by atoms with Gasteiger partial charge < -0.3 is 30.1 Å². The zero-order valence-corrected chi connectivity index (χ0v) is 23.9. The molecule has 5 aliphatic rings. The minimum absolute atomic E-state index is 0.126. The van der Waals surface area contributed by atoms with Crippen LogP contribution in [-0.4, -0.2) is 89.6 Å². The summed E-state index contributed by atoms with van der Waals surface area (Å²) in [6.07, 6.45) is 3.53. The minimum atomic E-state index is -0.834. The first kappa shape index (κ1) is 25.9. The van der Waals surface area contributed by atoms with Crippen LogP contribution in [-0.2, 0) is 4.74 Å². The van der Waals surface area contributed by atoms with Crippen LogP contribution >= 0.6 is 23.3 Å². The monoisotopic (exact) mass is 600 g/mol. The fourth-order valence-electron chi connectivity index (χ4n) is 7.01. The van der Waals surface area contributed by atoms with E-state index in [4.69, 9.17) is 25.2 Å². The summed E-state index contributed by atoms with van der Waals surface area (Å²) in [5.74, 6) is 0.452. The van der Waals surface area contributed by atoms with Crippen LogP contribution in [0.25, 0.3) is 22.0 Å². The molecule has 0 aliphatic carbocycles. The van der Waals surface area contributed by atoms with E-state index in [2.05, 4.69) is 24.8 Å². The third-order valence-electron chi connectivity index (χ3n) is 8.84. The molecule has 0 amide bonds. The van der Waals surface area contributed by atoms with Crippen LogP contribution in [0.2, 0.25) is 0 Å². The molecule has 216 valence electrons. The summed E-state index contributed by atoms with van der Waals surface area (Å²) in [5.41, 5.74) is 8.34. The van der Waals surface area contributed by atoms with E-state index in [1.807, 2.05) is 6.08 Å². The lowest BCUT2D eigenvalue weighted by molar-refractivity contribution is 0.0516. The average Bonchev–Trinajstić information content (AvgIpc) is 3.62. The van der Waals surface area contributed by atoms with Crippen LogP contribution in [0.5, 0.6) is 6.01 Å². The number of rotatable bonds is 5. The van der Waals surface area contributed by atoms with Crippen molar-refractivity contribution in [1.29, 1.82) is 0 Å². The number of aromatic nitrogens is 3. The number of nitrogens with one attached hydrogen (secondary N) is 2. The Morgan fingerprint density at radius 3 is 2.90 bits per heavy atom. The lowest BCUT2D eigenvalue weighted by Gasteiger charge is -2.47. The van der Waals surface area contributed by atoms with Crippen molar-refractivity contribution < 1.29 is 18.3 Å². The number of nitrogens with two attached hydrogens (primary N) is 1. The van der Waals surface area contributed by atoms with Crippen LogP contribution < -0.4 is 25.4 Å². The molecule has 14 heteroatoms. The van der Waals surface area contributed by atoms with E-state index in [0.717, 1.165) is 65.8 Å². The first-order valence-electron chi connectivity index (χ1n) is 14.0. The van der Waals surface area contributed by atoms with Crippen molar-refractivity contribution in [3.05, 3.63) is 29.2 Å². The molecule has 4 atom stereocenters. The van der Waals surface area contributed by atoms with Crippen LogP contribution in [0, 0.1) is 5.82 Å². The Hall–Kier alpha value is -2.78. The van der Waals surface area contributed by atoms with Crippen molar-refractivity contribution in [1.82, 2.24) is 29.9 Å². The number of thiazole rings is 1. The van der Waals surface area contributed by atoms with Gasteiger partial charge in [0.15, 0.2) is 10.9 Å². The highest BCUT2D eigenvalue weighted by atomic mass is 32.2. The van der Waals surface area contributed by atoms with Crippen molar-refractivity contribution in [2.45, 2.75) is 48.0 Å². The number of halogens is 2. The predicted octanol–water partition coefficient (Wildman–Crippen LogP) is 3.05. The molecule has 4 N–H and O–H groups in total. The van der Waals surface area contributed by atoms with E-state index in [9.17, 15) is 8.78 Å². The molecule has 0 saturated carbocycles. The van der Waals surface area contributed by atoms with E-state index in [-0.39, 0.29) is 29.5 Å². The second-order valence-electron chi connectivity index (χ2n) is 11.4. The quantitative estimate of drug-likeness (QED) is 0.376. The smallest absolute Gasteiger partial charge is 0.319 e. The van der Waals surface area contributed by atoms with Gasteiger partial charge in [-0.3, -0.25) is 4.90 Å². The lowest BCUT2D eigenvalue weighted by Crippen LogP contribution is -2.64. The highest BCUT2D eigenvalue weighted by Gasteiger charge is 2.49. The van der Waals surface area contributed by atoms with Gasteiger partial charge in [-0.1, -0.05) is 11.3 Å². The van der Waals surface area contributed by atoms with Crippen molar-refractivity contribution in [3.63, 3.8) is 0 Å². The van der Waals surface area contributed by atoms with Crippen molar-refractivity contribution in [2.75, 3.05) is 56.6 Å². The number of morpholine rings is 1. The number of ether oxygens (including phenoxy) is 2. The fraction of sp³-hybridized carbons (Fsp3) is 0.519. The number of fused-ring (bicyclic) bond motifs is 5.